The standard InChI is InChI=1S/C30H50O6/c1-26(2)21-10-9-18-19(28(21,5)15-20(31)24(26)33)14-22(32)30(7)17(12-13-29(18,30)6)16-8-11-23(27(3,4)35)36-25(16)34/h14,16-18,20-25,31-35H,8-13,15H2,1-7H3/t16-,17-,18-,20-,21+,22+,23-,24+,25+,28-,29+,30+/m1/s1. The van der Waals surface area contributed by atoms with E-state index in [-0.39, 0.29) is 28.6 Å². The fourth-order valence-corrected chi connectivity index (χ4v) is 10.4. The zero-order valence-electron chi connectivity index (χ0n) is 23.4. The van der Waals surface area contributed by atoms with Crippen LogP contribution in [0.3, 0.4) is 0 Å². The summed E-state index contributed by atoms with van der Waals surface area (Å²) >= 11 is 0. The van der Waals surface area contributed by atoms with Crippen molar-refractivity contribution < 1.29 is 30.3 Å². The van der Waals surface area contributed by atoms with Gasteiger partial charge in [0.1, 0.15) is 0 Å². The molecule has 0 aromatic heterocycles. The third-order valence-electron chi connectivity index (χ3n) is 12.6. The van der Waals surface area contributed by atoms with Crippen LogP contribution in [0.4, 0.5) is 0 Å². The Kier molecular flexibility index (Phi) is 6.21. The number of hydrogen-bond donors (Lipinski definition) is 5. The molecule has 36 heavy (non-hydrogen) atoms. The Bertz CT molecular complexity index is 908. The Balaban J connectivity index is 1.50. The molecule has 1 aliphatic heterocycles. The summed E-state index contributed by atoms with van der Waals surface area (Å²) in [5.41, 5.74) is -0.905. The van der Waals surface area contributed by atoms with E-state index < -0.39 is 47.1 Å². The number of aliphatic hydroxyl groups excluding tert-OH is 4. The first kappa shape index (κ1) is 27.1. The van der Waals surface area contributed by atoms with Crippen LogP contribution in [0.25, 0.3) is 0 Å². The van der Waals surface area contributed by atoms with Crippen molar-refractivity contribution in [3.8, 4) is 0 Å². The average molecular weight is 507 g/mol. The molecule has 0 bridgehead atoms. The first-order chi connectivity index (χ1) is 16.5. The minimum absolute atomic E-state index is 0.0717. The second kappa shape index (κ2) is 8.25. The molecule has 12 atom stereocenters. The summed E-state index contributed by atoms with van der Waals surface area (Å²) in [7, 11) is 0. The lowest BCUT2D eigenvalue weighted by Crippen LogP contribution is -2.63. The molecule has 4 aliphatic carbocycles. The van der Waals surface area contributed by atoms with Crippen LogP contribution in [0.2, 0.25) is 0 Å². The normalized spacial score (nSPS) is 54.8. The van der Waals surface area contributed by atoms with Crippen molar-refractivity contribution >= 4 is 0 Å². The lowest BCUT2D eigenvalue weighted by molar-refractivity contribution is -0.252. The van der Waals surface area contributed by atoms with Crippen molar-refractivity contribution in [3.63, 3.8) is 0 Å². The van der Waals surface area contributed by atoms with Gasteiger partial charge in [0.05, 0.1) is 30.0 Å². The van der Waals surface area contributed by atoms with E-state index in [1.54, 1.807) is 13.8 Å². The van der Waals surface area contributed by atoms with Gasteiger partial charge >= 0.3 is 0 Å². The quantitative estimate of drug-likeness (QED) is 0.365. The summed E-state index contributed by atoms with van der Waals surface area (Å²) in [5.74, 6) is 0.600. The summed E-state index contributed by atoms with van der Waals surface area (Å²) < 4.78 is 5.96. The van der Waals surface area contributed by atoms with Crippen LogP contribution >= 0.6 is 0 Å². The molecule has 0 unspecified atom stereocenters. The van der Waals surface area contributed by atoms with Crippen LogP contribution in [-0.2, 0) is 4.74 Å². The summed E-state index contributed by atoms with van der Waals surface area (Å²) in [5, 5.41) is 55.2. The zero-order valence-corrected chi connectivity index (χ0v) is 23.4. The topological polar surface area (TPSA) is 110 Å². The largest absolute Gasteiger partial charge is 0.390 e. The van der Waals surface area contributed by atoms with E-state index >= 15 is 0 Å². The van der Waals surface area contributed by atoms with Crippen LogP contribution < -0.4 is 0 Å². The van der Waals surface area contributed by atoms with E-state index in [4.69, 9.17) is 4.74 Å². The first-order valence-corrected chi connectivity index (χ1v) is 14.3. The van der Waals surface area contributed by atoms with Gasteiger partial charge in [-0.15, -0.1) is 0 Å². The molecule has 5 N–H and O–H groups in total. The Hall–Kier alpha value is -0.500. The molecule has 0 aromatic rings. The van der Waals surface area contributed by atoms with E-state index in [1.807, 2.05) is 0 Å². The molecule has 5 aliphatic rings. The van der Waals surface area contributed by atoms with Crippen molar-refractivity contribution in [2.45, 2.75) is 130 Å². The maximum absolute atomic E-state index is 11.9. The van der Waals surface area contributed by atoms with Gasteiger partial charge in [-0.1, -0.05) is 46.3 Å². The molecule has 1 heterocycles. The van der Waals surface area contributed by atoms with E-state index in [2.05, 4.69) is 40.7 Å². The highest BCUT2D eigenvalue weighted by Gasteiger charge is 2.69. The molecular weight excluding hydrogens is 456 g/mol. The number of hydrogen-bond acceptors (Lipinski definition) is 6. The summed E-state index contributed by atoms with van der Waals surface area (Å²) in [6, 6.07) is 0. The van der Waals surface area contributed by atoms with Crippen LogP contribution in [-0.4, -0.2) is 61.8 Å². The van der Waals surface area contributed by atoms with Crippen molar-refractivity contribution in [2.24, 2.45) is 45.3 Å². The molecule has 6 nitrogen and oxygen atoms in total. The van der Waals surface area contributed by atoms with Gasteiger partial charge in [0, 0.05) is 11.3 Å². The lowest BCUT2D eigenvalue weighted by atomic mass is 9.40. The summed E-state index contributed by atoms with van der Waals surface area (Å²) in [4.78, 5) is 0. The van der Waals surface area contributed by atoms with Gasteiger partial charge in [-0.05, 0) is 92.8 Å². The number of fused-ring (bicyclic) bond motifs is 5. The van der Waals surface area contributed by atoms with E-state index in [0.29, 0.717) is 18.8 Å². The molecular formula is C30H50O6. The first-order valence-electron chi connectivity index (χ1n) is 14.3. The highest BCUT2D eigenvalue weighted by Crippen LogP contribution is 2.73. The second-order valence-corrected chi connectivity index (χ2v) is 15.0. The second-order valence-electron chi connectivity index (χ2n) is 15.0. The van der Waals surface area contributed by atoms with Crippen molar-refractivity contribution in [1.29, 1.82) is 0 Å². The highest BCUT2D eigenvalue weighted by molar-refractivity contribution is 5.35. The fourth-order valence-electron chi connectivity index (χ4n) is 10.4. The van der Waals surface area contributed by atoms with Gasteiger partial charge < -0.3 is 30.3 Å². The lowest BCUT2D eigenvalue weighted by Gasteiger charge is -2.65. The Morgan fingerprint density at radius 2 is 1.58 bits per heavy atom. The molecule has 0 aromatic carbocycles. The monoisotopic (exact) mass is 506 g/mol. The molecule has 0 radical (unpaired) electrons. The van der Waals surface area contributed by atoms with E-state index in [0.717, 1.165) is 32.1 Å². The van der Waals surface area contributed by atoms with E-state index in [9.17, 15) is 25.5 Å². The van der Waals surface area contributed by atoms with Crippen molar-refractivity contribution in [3.05, 3.63) is 11.6 Å². The molecule has 5 rings (SSSR count). The molecule has 4 fully saturated rings. The minimum atomic E-state index is -0.998. The zero-order chi connectivity index (χ0) is 26.6. The van der Waals surface area contributed by atoms with Gasteiger partial charge in [-0.3, -0.25) is 0 Å². The summed E-state index contributed by atoms with van der Waals surface area (Å²) in [6.45, 7) is 14.5. The highest BCUT2D eigenvalue weighted by atomic mass is 16.6. The molecule has 0 amide bonds. The number of aliphatic hydroxyl groups is 5. The SMILES string of the molecule is CC(C)(O)[C@H]1CC[C@H]([C@H]2CC[C@@]3(C)[C@@H]4CC[C@H]5C(C)(C)[C@@H](O)[C@H](O)C[C@]5(C)C4=C[C@H](O)[C@]23C)[C@@H](O)O1. The molecule has 6 heteroatoms. The van der Waals surface area contributed by atoms with Crippen LogP contribution in [0.15, 0.2) is 11.6 Å². The third-order valence-corrected chi connectivity index (χ3v) is 12.6. The smallest absolute Gasteiger partial charge is 0.158 e. The predicted octanol–water partition coefficient (Wildman–Crippen LogP) is 3.78. The van der Waals surface area contributed by atoms with Gasteiger partial charge in [-0.2, -0.15) is 0 Å². The average Bonchev–Trinajstić information content (AvgIpc) is 3.05. The predicted molar refractivity (Wildman–Crippen MR) is 138 cm³/mol. The number of ether oxygens (including phenoxy) is 1. The van der Waals surface area contributed by atoms with Crippen LogP contribution in [0.5, 0.6) is 0 Å². The number of rotatable bonds is 2. The Morgan fingerprint density at radius 3 is 2.19 bits per heavy atom. The summed E-state index contributed by atoms with van der Waals surface area (Å²) in [6.07, 6.45) is 4.58. The Morgan fingerprint density at radius 1 is 0.917 bits per heavy atom. The fraction of sp³-hybridized carbons (Fsp3) is 0.933. The van der Waals surface area contributed by atoms with E-state index in [1.165, 1.54) is 5.57 Å². The van der Waals surface area contributed by atoms with Crippen LogP contribution in [0.1, 0.15) is 93.4 Å². The molecule has 206 valence electrons. The maximum Gasteiger partial charge on any atom is 0.158 e. The van der Waals surface area contributed by atoms with Gasteiger partial charge in [0.25, 0.3) is 0 Å². The molecule has 1 saturated heterocycles. The van der Waals surface area contributed by atoms with Crippen molar-refractivity contribution in [1.82, 2.24) is 0 Å². The molecule has 3 saturated carbocycles. The van der Waals surface area contributed by atoms with Crippen LogP contribution in [0, 0.1) is 45.3 Å². The van der Waals surface area contributed by atoms with Crippen molar-refractivity contribution in [2.75, 3.05) is 0 Å². The van der Waals surface area contributed by atoms with Gasteiger partial charge in [0.2, 0.25) is 0 Å². The van der Waals surface area contributed by atoms with Gasteiger partial charge in [-0.25, -0.2) is 0 Å². The third kappa shape index (κ3) is 3.43. The minimum Gasteiger partial charge on any atom is -0.390 e. The number of allylic oxidation sites excluding steroid dienone is 1. The Labute approximate surface area is 217 Å². The maximum atomic E-state index is 11.9. The molecule has 0 spiro atoms. The van der Waals surface area contributed by atoms with Gasteiger partial charge in [0.15, 0.2) is 6.29 Å².